The van der Waals surface area contributed by atoms with Crippen molar-refractivity contribution in [2.75, 3.05) is 13.3 Å². The van der Waals surface area contributed by atoms with Crippen LogP contribution in [0.5, 0.6) is 0 Å². The van der Waals surface area contributed by atoms with Crippen LogP contribution in [0, 0.1) is 0 Å². The van der Waals surface area contributed by atoms with E-state index in [2.05, 4.69) is 30.0 Å². The lowest BCUT2D eigenvalue weighted by molar-refractivity contribution is 0.282. The summed E-state index contributed by atoms with van der Waals surface area (Å²) in [5, 5.41) is 7.96. The van der Waals surface area contributed by atoms with Crippen molar-refractivity contribution >= 4 is 11.0 Å². The summed E-state index contributed by atoms with van der Waals surface area (Å²) in [5.74, 6) is 0. The van der Waals surface area contributed by atoms with Gasteiger partial charge in [-0.1, -0.05) is 10.2 Å². The van der Waals surface area contributed by atoms with Crippen LogP contribution in [0.1, 0.15) is 5.56 Å². The van der Waals surface area contributed by atoms with Gasteiger partial charge in [-0.25, -0.2) is 4.98 Å². The molecule has 0 radical (unpaired) electrons. The molecular weight excluding hydrogens is 246 g/mol. The monoisotopic (exact) mass is 257 g/mol. The SMILES string of the molecule is [N-]=[N+]=NCN(CN=[N+]=[N-])Cc1c[nH]c2ncccc12. The van der Waals surface area contributed by atoms with Gasteiger partial charge in [0.25, 0.3) is 0 Å². The van der Waals surface area contributed by atoms with Crippen molar-refractivity contribution in [2.45, 2.75) is 6.54 Å². The zero-order valence-electron chi connectivity index (χ0n) is 10.0. The van der Waals surface area contributed by atoms with Crippen LogP contribution < -0.4 is 0 Å². The molecule has 0 unspecified atom stereocenters. The number of H-pyrrole nitrogens is 1. The molecule has 0 amide bonds. The maximum absolute atomic E-state index is 8.35. The summed E-state index contributed by atoms with van der Waals surface area (Å²) in [6.07, 6.45) is 3.55. The van der Waals surface area contributed by atoms with E-state index < -0.39 is 0 Å². The topological polar surface area (TPSA) is 129 Å². The Bertz CT molecular complexity index is 628. The molecule has 9 heteroatoms. The van der Waals surface area contributed by atoms with Gasteiger partial charge in [-0.05, 0) is 28.8 Å². The van der Waals surface area contributed by atoms with Crippen molar-refractivity contribution in [1.82, 2.24) is 14.9 Å². The van der Waals surface area contributed by atoms with Crippen LogP contribution in [0.25, 0.3) is 31.9 Å². The van der Waals surface area contributed by atoms with E-state index in [1.165, 1.54) is 0 Å². The fourth-order valence-corrected chi connectivity index (χ4v) is 1.76. The van der Waals surface area contributed by atoms with Gasteiger partial charge in [0.2, 0.25) is 0 Å². The van der Waals surface area contributed by atoms with E-state index in [-0.39, 0.29) is 13.3 Å². The van der Waals surface area contributed by atoms with Crippen LogP contribution in [0.4, 0.5) is 0 Å². The van der Waals surface area contributed by atoms with Crippen LogP contribution in [0.15, 0.2) is 34.8 Å². The third-order valence-corrected chi connectivity index (χ3v) is 2.58. The van der Waals surface area contributed by atoms with Crippen molar-refractivity contribution in [1.29, 1.82) is 0 Å². The lowest BCUT2D eigenvalue weighted by Crippen LogP contribution is -2.22. The lowest BCUT2D eigenvalue weighted by atomic mass is 10.2. The molecule has 0 aliphatic rings. The Morgan fingerprint density at radius 3 is 2.68 bits per heavy atom. The number of aromatic amines is 1. The molecule has 2 aromatic heterocycles. The summed E-state index contributed by atoms with van der Waals surface area (Å²) in [6, 6.07) is 3.80. The Balaban J connectivity index is 2.19. The van der Waals surface area contributed by atoms with E-state index in [0.29, 0.717) is 6.54 Å². The molecule has 9 nitrogen and oxygen atoms in total. The highest BCUT2D eigenvalue weighted by Crippen LogP contribution is 2.17. The Morgan fingerprint density at radius 1 is 1.26 bits per heavy atom. The third-order valence-electron chi connectivity index (χ3n) is 2.58. The maximum atomic E-state index is 8.35. The summed E-state index contributed by atoms with van der Waals surface area (Å²) < 4.78 is 0. The molecule has 0 bridgehead atoms. The van der Waals surface area contributed by atoms with E-state index in [9.17, 15) is 0 Å². The zero-order valence-corrected chi connectivity index (χ0v) is 10.0. The Labute approximate surface area is 108 Å². The van der Waals surface area contributed by atoms with Crippen LogP contribution in [-0.4, -0.2) is 28.2 Å². The fraction of sp³-hybridized carbons (Fsp3) is 0.300. The standard InChI is InChI=1S/C10H11N9/c11-17-15-6-19(7-16-18-12)5-8-4-14-10-9(8)2-1-3-13-10/h1-4H,5-7H2,(H,13,14). The molecular formula is C10H11N9. The smallest absolute Gasteiger partial charge is 0.137 e. The molecule has 0 saturated carbocycles. The largest absolute Gasteiger partial charge is 0.346 e. The minimum atomic E-state index is 0.141. The maximum Gasteiger partial charge on any atom is 0.137 e. The number of aromatic nitrogens is 2. The number of nitrogens with one attached hydrogen (secondary N) is 1. The van der Waals surface area contributed by atoms with Crippen molar-refractivity contribution in [3.8, 4) is 0 Å². The number of hydrogen-bond acceptors (Lipinski definition) is 4. The van der Waals surface area contributed by atoms with Gasteiger partial charge in [0.05, 0.1) is 13.3 Å². The first-order valence-electron chi connectivity index (χ1n) is 5.50. The third kappa shape index (κ3) is 3.14. The van der Waals surface area contributed by atoms with Gasteiger partial charge in [-0.15, -0.1) is 0 Å². The lowest BCUT2D eigenvalue weighted by Gasteiger charge is -2.16. The Hall–Kier alpha value is -2.73. The highest BCUT2D eigenvalue weighted by atomic mass is 15.3. The van der Waals surface area contributed by atoms with Crippen LogP contribution >= 0.6 is 0 Å². The van der Waals surface area contributed by atoms with E-state index in [4.69, 9.17) is 11.1 Å². The number of rotatable bonds is 6. The average molecular weight is 257 g/mol. The van der Waals surface area contributed by atoms with Crippen molar-refractivity contribution in [3.63, 3.8) is 0 Å². The zero-order chi connectivity index (χ0) is 13.5. The van der Waals surface area contributed by atoms with Gasteiger partial charge in [-0.3, -0.25) is 4.90 Å². The molecule has 0 aliphatic heterocycles. The molecule has 0 aromatic carbocycles. The van der Waals surface area contributed by atoms with Crippen molar-refractivity contribution in [2.24, 2.45) is 10.2 Å². The number of nitrogens with zero attached hydrogens (tertiary/aromatic N) is 8. The molecule has 2 aromatic rings. The number of hydrogen-bond donors (Lipinski definition) is 1. The summed E-state index contributed by atoms with van der Waals surface area (Å²) in [6.45, 7) is 0.786. The van der Waals surface area contributed by atoms with E-state index in [1.807, 2.05) is 18.3 Å². The minimum absolute atomic E-state index is 0.141. The Morgan fingerprint density at radius 2 is 2.00 bits per heavy atom. The quantitative estimate of drug-likeness (QED) is 0.484. The van der Waals surface area contributed by atoms with Gasteiger partial charge in [0, 0.05) is 34.1 Å². The van der Waals surface area contributed by atoms with Gasteiger partial charge in [0.15, 0.2) is 0 Å². The number of azide groups is 2. The second kappa shape index (κ2) is 6.27. The molecule has 0 atom stereocenters. The molecule has 1 N–H and O–H groups in total. The first kappa shape index (κ1) is 12.7. The molecule has 0 fully saturated rings. The van der Waals surface area contributed by atoms with Crippen LogP contribution in [0.2, 0.25) is 0 Å². The fourth-order valence-electron chi connectivity index (χ4n) is 1.76. The summed E-state index contributed by atoms with van der Waals surface area (Å²) >= 11 is 0. The molecule has 96 valence electrons. The predicted molar refractivity (Wildman–Crippen MR) is 69.7 cm³/mol. The predicted octanol–water partition coefficient (Wildman–Crippen LogP) is 2.90. The first-order valence-corrected chi connectivity index (χ1v) is 5.50. The second-order valence-electron chi connectivity index (χ2n) is 3.79. The molecule has 2 rings (SSSR count). The van der Waals surface area contributed by atoms with Gasteiger partial charge < -0.3 is 4.98 Å². The average Bonchev–Trinajstić information content (AvgIpc) is 2.85. The molecule has 19 heavy (non-hydrogen) atoms. The normalized spacial score (nSPS) is 10.2. The minimum Gasteiger partial charge on any atom is -0.346 e. The second-order valence-corrected chi connectivity index (χ2v) is 3.79. The molecule has 0 saturated heterocycles. The van der Waals surface area contributed by atoms with E-state index in [1.54, 1.807) is 11.1 Å². The van der Waals surface area contributed by atoms with Gasteiger partial charge >= 0.3 is 0 Å². The highest BCUT2D eigenvalue weighted by Gasteiger charge is 2.08. The van der Waals surface area contributed by atoms with Crippen molar-refractivity contribution < 1.29 is 0 Å². The number of pyridine rings is 1. The summed E-state index contributed by atoms with van der Waals surface area (Å²) in [7, 11) is 0. The molecule has 2 heterocycles. The van der Waals surface area contributed by atoms with E-state index >= 15 is 0 Å². The molecule has 0 spiro atoms. The first-order chi connectivity index (χ1) is 9.35. The summed E-state index contributed by atoms with van der Waals surface area (Å²) in [5.41, 5.74) is 18.5. The summed E-state index contributed by atoms with van der Waals surface area (Å²) in [4.78, 5) is 14.4. The molecule has 0 aliphatic carbocycles. The highest BCUT2D eigenvalue weighted by molar-refractivity contribution is 5.79. The van der Waals surface area contributed by atoms with E-state index in [0.717, 1.165) is 16.6 Å². The van der Waals surface area contributed by atoms with Gasteiger partial charge in [-0.2, -0.15) is 0 Å². The van der Waals surface area contributed by atoms with Crippen LogP contribution in [0.3, 0.4) is 0 Å². The van der Waals surface area contributed by atoms with Crippen LogP contribution in [-0.2, 0) is 6.54 Å². The Kier molecular flexibility index (Phi) is 4.20. The van der Waals surface area contributed by atoms with Crippen molar-refractivity contribution in [3.05, 3.63) is 51.0 Å². The number of fused-ring (bicyclic) bond motifs is 1. The van der Waals surface area contributed by atoms with Gasteiger partial charge in [0.1, 0.15) is 5.65 Å².